The smallest absolute Gasteiger partial charge is 0.259 e. The number of allylic oxidation sites excluding steroid dienone is 1. The molecule has 5 nitrogen and oxygen atoms in total. The lowest BCUT2D eigenvalue weighted by Crippen LogP contribution is -2.21. The van der Waals surface area contributed by atoms with Crippen molar-refractivity contribution in [1.29, 1.82) is 0 Å². The number of aromatic nitrogens is 4. The SMILES string of the molecule is C=C(Br)Cn1nc2cnccn2c1=O. The summed E-state index contributed by atoms with van der Waals surface area (Å²) in [4.78, 5) is 15.5. The number of rotatable bonds is 2. The standard InChI is InChI=1S/C8H7BrN4O/c1-6(9)5-13-8(14)12-3-2-10-4-7(12)11-13/h2-4H,1,5H2. The lowest BCUT2D eigenvalue weighted by molar-refractivity contribution is 0.669. The van der Waals surface area contributed by atoms with Gasteiger partial charge in [-0.25, -0.2) is 13.9 Å². The quantitative estimate of drug-likeness (QED) is 0.797. The monoisotopic (exact) mass is 254 g/mol. The number of hydrogen-bond acceptors (Lipinski definition) is 3. The van der Waals surface area contributed by atoms with Crippen LogP contribution in [0.5, 0.6) is 0 Å². The Morgan fingerprint density at radius 1 is 1.64 bits per heavy atom. The van der Waals surface area contributed by atoms with Crippen molar-refractivity contribution >= 4 is 21.6 Å². The number of hydrogen-bond donors (Lipinski definition) is 0. The van der Waals surface area contributed by atoms with E-state index in [1.807, 2.05) is 0 Å². The molecule has 72 valence electrons. The van der Waals surface area contributed by atoms with Crippen molar-refractivity contribution in [2.75, 3.05) is 0 Å². The van der Waals surface area contributed by atoms with E-state index in [2.05, 4.69) is 32.6 Å². The fourth-order valence-electron chi connectivity index (χ4n) is 1.15. The van der Waals surface area contributed by atoms with Crippen molar-refractivity contribution in [3.63, 3.8) is 0 Å². The van der Waals surface area contributed by atoms with Crippen molar-refractivity contribution in [1.82, 2.24) is 19.2 Å². The molecule has 0 atom stereocenters. The van der Waals surface area contributed by atoms with E-state index in [9.17, 15) is 4.79 Å². The molecule has 2 aromatic heterocycles. The van der Waals surface area contributed by atoms with Crippen LogP contribution in [0.4, 0.5) is 0 Å². The van der Waals surface area contributed by atoms with Crippen LogP contribution in [-0.4, -0.2) is 19.2 Å². The van der Waals surface area contributed by atoms with Crippen LogP contribution in [0.2, 0.25) is 0 Å². The van der Waals surface area contributed by atoms with E-state index in [1.165, 1.54) is 15.3 Å². The van der Waals surface area contributed by atoms with Gasteiger partial charge in [0.1, 0.15) is 0 Å². The highest BCUT2D eigenvalue weighted by molar-refractivity contribution is 9.11. The van der Waals surface area contributed by atoms with Crippen LogP contribution < -0.4 is 5.69 Å². The largest absolute Gasteiger partial charge is 0.350 e. The van der Waals surface area contributed by atoms with E-state index >= 15 is 0 Å². The highest BCUT2D eigenvalue weighted by Gasteiger charge is 2.05. The molecule has 0 aromatic carbocycles. The molecule has 0 unspecified atom stereocenters. The predicted octanol–water partition coefficient (Wildman–Crippen LogP) is 0.800. The van der Waals surface area contributed by atoms with Crippen molar-refractivity contribution in [2.45, 2.75) is 6.54 Å². The maximum Gasteiger partial charge on any atom is 0.350 e. The van der Waals surface area contributed by atoms with Gasteiger partial charge in [-0.3, -0.25) is 4.98 Å². The minimum Gasteiger partial charge on any atom is -0.259 e. The summed E-state index contributed by atoms with van der Waals surface area (Å²) in [5.74, 6) is 0. The van der Waals surface area contributed by atoms with Gasteiger partial charge in [0.15, 0.2) is 5.65 Å². The molecule has 6 heteroatoms. The second-order valence-corrected chi connectivity index (χ2v) is 3.88. The molecule has 2 heterocycles. The second kappa shape index (κ2) is 3.38. The van der Waals surface area contributed by atoms with Gasteiger partial charge in [0.25, 0.3) is 0 Å². The highest BCUT2D eigenvalue weighted by Crippen LogP contribution is 2.02. The zero-order chi connectivity index (χ0) is 10.1. The number of fused-ring (bicyclic) bond motifs is 1. The first-order valence-electron chi connectivity index (χ1n) is 3.91. The van der Waals surface area contributed by atoms with Crippen LogP contribution in [0.25, 0.3) is 5.65 Å². The fraction of sp³-hybridized carbons (Fsp3) is 0.125. The molecule has 0 aliphatic carbocycles. The first-order valence-corrected chi connectivity index (χ1v) is 4.70. The molecule has 0 bridgehead atoms. The average Bonchev–Trinajstić information content (AvgIpc) is 2.44. The molecule has 0 spiro atoms. The van der Waals surface area contributed by atoms with Crippen LogP contribution in [0.15, 0.2) is 34.4 Å². The number of nitrogens with zero attached hydrogens (tertiary/aromatic N) is 4. The van der Waals surface area contributed by atoms with Crippen molar-refractivity contribution in [3.8, 4) is 0 Å². The molecular weight excluding hydrogens is 248 g/mol. The molecule has 0 aliphatic heterocycles. The molecule has 0 saturated heterocycles. The molecule has 0 amide bonds. The maximum atomic E-state index is 11.6. The summed E-state index contributed by atoms with van der Waals surface area (Å²) in [5, 5.41) is 4.07. The van der Waals surface area contributed by atoms with E-state index in [0.29, 0.717) is 16.7 Å². The van der Waals surface area contributed by atoms with Gasteiger partial charge in [-0.05, 0) is 0 Å². The van der Waals surface area contributed by atoms with Gasteiger partial charge in [0, 0.05) is 16.9 Å². The van der Waals surface area contributed by atoms with Gasteiger partial charge in [0.05, 0.1) is 12.7 Å². The highest BCUT2D eigenvalue weighted by atomic mass is 79.9. The van der Waals surface area contributed by atoms with Gasteiger partial charge >= 0.3 is 5.69 Å². The fourth-order valence-corrected chi connectivity index (χ4v) is 1.38. The van der Waals surface area contributed by atoms with Gasteiger partial charge in [-0.2, -0.15) is 0 Å². The molecule has 2 rings (SSSR count). The molecule has 0 N–H and O–H groups in total. The molecule has 0 radical (unpaired) electrons. The Morgan fingerprint density at radius 2 is 2.43 bits per heavy atom. The Morgan fingerprint density at radius 3 is 3.07 bits per heavy atom. The summed E-state index contributed by atoms with van der Waals surface area (Å²) in [6, 6.07) is 0. The minimum absolute atomic E-state index is 0.192. The summed E-state index contributed by atoms with van der Waals surface area (Å²) in [6.45, 7) is 4.02. The van der Waals surface area contributed by atoms with Crippen LogP contribution in [0, 0.1) is 0 Å². The lowest BCUT2D eigenvalue weighted by atomic mass is 10.6. The van der Waals surface area contributed by atoms with Crippen molar-refractivity contribution in [2.24, 2.45) is 0 Å². The Bertz CT molecular complexity index is 542. The van der Waals surface area contributed by atoms with Gasteiger partial charge in [-0.1, -0.05) is 22.5 Å². The minimum atomic E-state index is -0.192. The van der Waals surface area contributed by atoms with Crippen LogP contribution in [-0.2, 0) is 6.54 Å². The van der Waals surface area contributed by atoms with Crippen molar-refractivity contribution < 1.29 is 0 Å². The summed E-state index contributed by atoms with van der Waals surface area (Å²) in [7, 11) is 0. The van der Waals surface area contributed by atoms with Crippen LogP contribution in [0.1, 0.15) is 0 Å². The first-order chi connectivity index (χ1) is 6.68. The van der Waals surface area contributed by atoms with E-state index < -0.39 is 0 Å². The molecule has 0 fully saturated rings. The molecular formula is C8H7BrN4O. The van der Waals surface area contributed by atoms with Gasteiger partial charge in [0.2, 0.25) is 0 Å². The van der Waals surface area contributed by atoms with Gasteiger partial charge < -0.3 is 0 Å². The molecule has 0 saturated carbocycles. The molecule has 14 heavy (non-hydrogen) atoms. The molecule has 2 aromatic rings. The Labute approximate surface area is 87.8 Å². The summed E-state index contributed by atoms with van der Waals surface area (Å²) < 4.78 is 3.47. The Hall–Kier alpha value is -1.43. The summed E-state index contributed by atoms with van der Waals surface area (Å²) >= 11 is 3.18. The third-order valence-corrected chi connectivity index (χ3v) is 1.96. The second-order valence-electron chi connectivity index (χ2n) is 2.76. The van der Waals surface area contributed by atoms with Crippen LogP contribution in [0.3, 0.4) is 0 Å². The third kappa shape index (κ3) is 1.48. The first kappa shape index (κ1) is 9.14. The normalized spacial score (nSPS) is 10.6. The zero-order valence-corrected chi connectivity index (χ0v) is 8.81. The third-order valence-electron chi connectivity index (χ3n) is 1.71. The maximum absolute atomic E-state index is 11.6. The van der Waals surface area contributed by atoms with Crippen molar-refractivity contribution in [3.05, 3.63) is 40.1 Å². The average molecular weight is 255 g/mol. The van der Waals surface area contributed by atoms with E-state index in [0.717, 1.165) is 0 Å². The number of halogens is 1. The topological polar surface area (TPSA) is 52.2 Å². The molecule has 0 aliphatic rings. The summed E-state index contributed by atoms with van der Waals surface area (Å²) in [6.07, 6.45) is 4.66. The van der Waals surface area contributed by atoms with Crippen LogP contribution >= 0.6 is 15.9 Å². The lowest BCUT2D eigenvalue weighted by Gasteiger charge is -1.93. The Balaban J connectivity index is 2.63. The Kier molecular flexibility index (Phi) is 2.20. The predicted molar refractivity (Wildman–Crippen MR) is 55.3 cm³/mol. The van der Waals surface area contributed by atoms with E-state index in [-0.39, 0.29) is 5.69 Å². The zero-order valence-electron chi connectivity index (χ0n) is 7.22. The van der Waals surface area contributed by atoms with E-state index in [1.54, 1.807) is 12.4 Å². The van der Waals surface area contributed by atoms with E-state index in [4.69, 9.17) is 0 Å². The summed E-state index contributed by atoms with van der Waals surface area (Å²) in [5.41, 5.74) is 0.342. The van der Waals surface area contributed by atoms with Gasteiger partial charge in [-0.15, -0.1) is 5.10 Å².